The number of hydrogen-bond donors (Lipinski definition) is 3. The molecule has 0 saturated carbocycles. The van der Waals surface area contributed by atoms with Gasteiger partial charge >= 0.3 is 0 Å². The van der Waals surface area contributed by atoms with E-state index in [1.54, 1.807) is 0 Å². The standard InChI is InChI=1S/C19H24N6O2S2.ClH/c1-12(26)22-19-24-15(16(29-19)17(27)25-8-10-28-11-9-25)7-4-13-2-5-14(6-3-13)23-18(20)21;/h2-3,5-6H,4,7-11H2,1H3,(H4,20,21,23)(H,22,24,26);1H. The Morgan fingerprint density at radius 1 is 1.17 bits per heavy atom. The van der Waals surface area contributed by atoms with Crippen molar-refractivity contribution >= 4 is 64.1 Å². The van der Waals surface area contributed by atoms with E-state index in [1.807, 2.05) is 40.9 Å². The molecular formula is C19H25ClN6O2S2. The summed E-state index contributed by atoms with van der Waals surface area (Å²) in [5, 5.41) is 3.17. The topological polar surface area (TPSA) is 127 Å². The lowest BCUT2D eigenvalue weighted by Gasteiger charge is -2.26. The number of carbonyl (C=O) groups excluding carboxylic acids is 2. The predicted octanol–water partition coefficient (Wildman–Crippen LogP) is 2.40. The summed E-state index contributed by atoms with van der Waals surface area (Å²) in [6, 6.07) is 7.59. The first kappa shape index (κ1) is 24.0. The van der Waals surface area contributed by atoms with E-state index in [1.165, 1.54) is 18.3 Å². The van der Waals surface area contributed by atoms with Crippen molar-refractivity contribution in [2.24, 2.45) is 16.5 Å². The molecule has 3 rings (SSSR count). The third kappa shape index (κ3) is 6.61. The smallest absolute Gasteiger partial charge is 0.265 e. The van der Waals surface area contributed by atoms with Crippen LogP contribution in [0.5, 0.6) is 0 Å². The number of aliphatic imine (C=N–C) groups is 1. The summed E-state index contributed by atoms with van der Waals surface area (Å²) >= 11 is 3.10. The predicted molar refractivity (Wildman–Crippen MR) is 126 cm³/mol. The fourth-order valence-corrected chi connectivity index (χ4v) is 4.88. The van der Waals surface area contributed by atoms with Crippen molar-refractivity contribution in [3.05, 3.63) is 40.4 Å². The highest BCUT2D eigenvalue weighted by Crippen LogP contribution is 2.27. The normalized spacial score (nSPS) is 13.3. The summed E-state index contributed by atoms with van der Waals surface area (Å²) in [6.45, 7) is 2.91. The Balaban J connectivity index is 0.00000320. The second kappa shape index (κ2) is 11.2. The van der Waals surface area contributed by atoms with Crippen LogP contribution in [0.4, 0.5) is 10.8 Å². The summed E-state index contributed by atoms with van der Waals surface area (Å²) < 4.78 is 0. The number of hydrogen-bond acceptors (Lipinski definition) is 6. The van der Waals surface area contributed by atoms with Gasteiger partial charge in [-0.15, -0.1) is 12.4 Å². The molecule has 2 heterocycles. The number of thiazole rings is 1. The largest absolute Gasteiger partial charge is 0.370 e. The van der Waals surface area contributed by atoms with Crippen LogP contribution >= 0.6 is 35.5 Å². The van der Waals surface area contributed by atoms with Crippen molar-refractivity contribution in [2.75, 3.05) is 29.9 Å². The van der Waals surface area contributed by atoms with Crippen molar-refractivity contribution in [1.82, 2.24) is 9.88 Å². The number of nitrogens with two attached hydrogens (primary N) is 2. The van der Waals surface area contributed by atoms with Gasteiger partial charge in [0.05, 0.1) is 11.4 Å². The van der Waals surface area contributed by atoms with Crippen LogP contribution in [0.1, 0.15) is 27.9 Å². The van der Waals surface area contributed by atoms with Crippen LogP contribution in [-0.4, -0.2) is 52.3 Å². The molecule has 0 atom stereocenters. The van der Waals surface area contributed by atoms with Crippen molar-refractivity contribution in [2.45, 2.75) is 19.8 Å². The maximum absolute atomic E-state index is 13.0. The van der Waals surface area contributed by atoms with Gasteiger partial charge < -0.3 is 21.7 Å². The van der Waals surface area contributed by atoms with Crippen LogP contribution < -0.4 is 16.8 Å². The van der Waals surface area contributed by atoms with E-state index in [-0.39, 0.29) is 30.2 Å². The van der Waals surface area contributed by atoms with Gasteiger partial charge in [0.1, 0.15) is 4.88 Å². The minimum atomic E-state index is -0.200. The zero-order valence-electron chi connectivity index (χ0n) is 16.6. The van der Waals surface area contributed by atoms with Gasteiger partial charge in [-0.1, -0.05) is 23.5 Å². The van der Waals surface area contributed by atoms with Crippen LogP contribution in [-0.2, 0) is 17.6 Å². The number of benzene rings is 1. The maximum Gasteiger partial charge on any atom is 0.265 e. The average Bonchev–Trinajstić information content (AvgIpc) is 3.09. The Labute approximate surface area is 189 Å². The first-order valence-corrected chi connectivity index (χ1v) is 11.2. The first-order valence-electron chi connectivity index (χ1n) is 9.25. The van der Waals surface area contributed by atoms with Gasteiger partial charge in [-0.2, -0.15) is 11.8 Å². The molecule has 0 spiro atoms. The monoisotopic (exact) mass is 468 g/mol. The summed E-state index contributed by atoms with van der Waals surface area (Å²) in [6.07, 6.45) is 1.31. The molecule has 1 saturated heterocycles. The molecule has 30 heavy (non-hydrogen) atoms. The molecule has 1 aromatic heterocycles. The van der Waals surface area contributed by atoms with Crippen LogP contribution in [0, 0.1) is 0 Å². The number of halogens is 1. The summed E-state index contributed by atoms with van der Waals surface area (Å²) in [4.78, 5) is 35.4. The highest BCUT2D eigenvalue weighted by molar-refractivity contribution is 7.99. The van der Waals surface area contributed by atoms with Crippen molar-refractivity contribution in [1.29, 1.82) is 0 Å². The molecule has 2 amide bonds. The molecule has 2 aromatic rings. The number of nitrogens with zero attached hydrogens (tertiary/aromatic N) is 3. The number of amides is 2. The van der Waals surface area contributed by atoms with Gasteiger partial charge in [0.25, 0.3) is 5.91 Å². The molecule has 1 aromatic carbocycles. The van der Waals surface area contributed by atoms with E-state index in [0.717, 1.165) is 35.9 Å². The third-order valence-corrected chi connectivity index (χ3v) is 6.26. The lowest BCUT2D eigenvalue weighted by Crippen LogP contribution is -2.37. The lowest BCUT2D eigenvalue weighted by molar-refractivity contribution is -0.114. The quantitative estimate of drug-likeness (QED) is 0.441. The molecular weight excluding hydrogens is 444 g/mol. The van der Waals surface area contributed by atoms with Crippen LogP contribution in [0.3, 0.4) is 0 Å². The van der Waals surface area contributed by atoms with Gasteiger partial charge in [-0.3, -0.25) is 9.59 Å². The number of aromatic nitrogens is 1. The summed E-state index contributed by atoms with van der Waals surface area (Å²) in [5.41, 5.74) is 13.3. The van der Waals surface area contributed by atoms with Crippen molar-refractivity contribution < 1.29 is 9.59 Å². The molecule has 0 radical (unpaired) electrons. The number of rotatable bonds is 6. The third-order valence-electron chi connectivity index (χ3n) is 4.32. The van der Waals surface area contributed by atoms with E-state index in [0.29, 0.717) is 28.5 Å². The number of guanidine groups is 1. The highest BCUT2D eigenvalue weighted by atomic mass is 35.5. The van der Waals surface area contributed by atoms with E-state index in [9.17, 15) is 9.59 Å². The summed E-state index contributed by atoms with van der Waals surface area (Å²) in [5.74, 6) is 1.71. The number of carbonyl (C=O) groups is 2. The van der Waals surface area contributed by atoms with Gasteiger partial charge in [0, 0.05) is 31.5 Å². The second-order valence-electron chi connectivity index (χ2n) is 6.58. The second-order valence-corrected chi connectivity index (χ2v) is 8.81. The molecule has 1 fully saturated rings. The van der Waals surface area contributed by atoms with E-state index >= 15 is 0 Å². The Kier molecular flexibility index (Phi) is 8.94. The maximum atomic E-state index is 13.0. The molecule has 0 unspecified atom stereocenters. The van der Waals surface area contributed by atoms with Crippen molar-refractivity contribution in [3.8, 4) is 0 Å². The average molecular weight is 469 g/mol. The van der Waals surface area contributed by atoms with E-state index in [4.69, 9.17) is 11.5 Å². The minimum Gasteiger partial charge on any atom is -0.370 e. The van der Waals surface area contributed by atoms with Crippen molar-refractivity contribution in [3.63, 3.8) is 0 Å². The number of anilines is 1. The van der Waals surface area contributed by atoms with Gasteiger partial charge in [0.15, 0.2) is 11.1 Å². The van der Waals surface area contributed by atoms with E-state index in [2.05, 4.69) is 15.3 Å². The Hall–Kier alpha value is -2.30. The highest BCUT2D eigenvalue weighted by Gasteiger charge is 2.24. The van der Waals surface area contributed by atoms with Gasteiger partial charge in [-0.25, -0.2) is 9.98 Å². The number of nitrogens with one attached hydrogen (secondary N) is 1. The lowest BCUT2D eigenvalue weighted by atomic mass is 10.1. The Morgan fingerprint density at radius 2 is 1.83 bits per heavy atom. The summed E-state index contributed by atoms with van der Waals surface area (Å²) in [7, 11) is 0. The zero-order valence-corrected chi connectivity index (χ0v) is 19.0. The minimum absolute atomic E-state index is 0. The number of thioether (sulfide) groups is 1. The van der Waals surface area contributed by atoms with Crippen LogP contribution in [0.2, 0.25) is 0 Å². The molecule has 0 aliphatic carbocycles. The van der Waals surface area contributed by atoms with Crippen LogP contribution in [0.25, 0.3) is 0 Å². The molecule has 162 valence electrons. The molecule has 11 heteroatoms. The zero-order chi connectivity index (χ0) is 20.8. The molecule has 1 aliphatic rings. The van der Waals surface area contributed by atoms with Crippen LogP contribution in [0.15, 0.2) is 29.3 Å². The fourth-order valence-electron chi connectivity index (χ4n) is 2.95. The Morgan fingerprint density at radius 3 is 2.43 bits per heavy atom. The Bertz CT molecular complexity index is 906. The number of aryl methyl sites for hydroxylation is 2. The fraction of sp³-hybridized carbons (Fsp3) is 0.368. The molecule has 8 nitrogen and oxygen atoms in total. The van der Waals surface area contributed by atoms with Gasteiger partial charge in [-0.05, 0) is 30.5 Å². The molecule has 0 bridgehead atoms. The molecule has 1 aliphatic heterocycles. The molecule has 5 N–H and O–H groups in total. The SMILES string of the molecule is CC(=O)Nc1nc(CCc2ccc(N=C(N)N)cc2)c(C(=O)N2CCSCC2)s1.Cl. The first-order chi connectivity index (χ1) is 13.9. The van der Waals surface area contributed by atoms with E-state index < -0.39 is 0 Å². The van der Waals surface area contributed by atoms with Gasteiger partial charge in [0.2, 0.25) is 5.91 Å².